The number of halogens is 2. The van der Waals surface area contributed by atoms with Crippen LogP contribution in [0.15, 0.2) is 48.8 Å². The van der Waals surface area contributed by atoms with E-state index in [9.17, 15) is 18.7 Å². The number of aliphatic hydroxyl groups excluding tert-OH is 1. The van der Waals surface area contributed by atoms with E-state index in [-0.39, 0.29) is 12.0 Å². The van der Waals surface area contributed by atoms with Gasteiger partial charge in [-0.05, 0) is 62.1 Å². The first-order valence-electron chi connectivity index (χ1n) is 12.3. The molecule has 0 saturated carbocycles. The SMILES string of the molecule is CC(F)(F)Oc1ccc(NC(=O)c2cnc(N3CCC(O)C3)c(-c3ccnn3C3CCCCO3)c2)cc1. The number of nitrogens with zero attached hydrogens (tertiary/aromatic N) is 4. The second-order valence-corrected chi connectivity index (χ2v) is 9.35. The highest BCUT2D eigenvalue weighted by molar-refractivity contribution is 6.05. The highest BCUT2D eigenvalue weighted by Gasteiger charge is 2.28. The number of anilines is 2. The number of benzene rings is 1. The number of β-amino-alcohol motifs (C(OH)–C–C–N with tert-alkyl or cyclic N) is 1. The van der Waals surface area contributed by atoms with E-state index < -0.39 is 18.1 Å². The molecule has 9 nitrogen and oxygen atoms in total. The summed E-state index contributed by atoms with van der Waals surface area (Å²) in [5.41, 5.74) is 2.22. The summed E-state index contributed by atoms with van der Waals surface area (Å²) in [7, 11) is 0. The first kappa shape index (κ1) is 25.1. The molecule has 1 aromatic carbocycles. The number of alkyl halides is 2. The number of aliphatic hydroxyl groups is 1. The number of hydrogen-bond donors (Lipinski definition) is 2. The van der Waals surface area contributed by atoms with Crippen LogP contribution in [-0.4, -0.2) is 57.7 Å². The third kappa shape index (κ3) is 5.89. The van der Waals surface area contributed by atoms with E-state index in [0.29, 0.717) is 55.7 Å². The van der Waals surface area contributed by atoms with Crippen LogP contribution >= 0.6 is 0 Å². The normalized spacial score (nSPS) is 20.2. The summed E-state index contributed by atoms with van der Waals surface area (Å²) in [6, 6.07) is 9.33. The van der Waals surface area contributed by atoms with E-state index in [1.54, 1.807) is 12.3 Å². The van der Waals surface area contributed by atoms with E-state index in [1.165, 1.54) is 30.5 Å². The van der Waals surface area contributed by atoms with Crippen molar-refractivity contribution < 1.29 is 28.2 Å². The van der Waals surface area contributed by atoms with Crippen molar-refractivity contribution in [3.63, 3.8) is 0 Å². The van der Waals surface area contributed by atoms with Crippen LogP contribution in [0.1, 0.15) is 49.2 Å². The second kappa shape index (κ2) is 10.4. The Hall–Kier alpha value is -3.57. The molecule has 2 fully saturated rings. The number of ether oxygens (including phenoxy) is 2. The molecule has 4 heterocycles. The smallest absolute Gasteiger partial charge is 0.394 e. The predicted molar refractivity (Wildman–Crippen MR) is 133 cm³/mol. The standard InChI is InChI=1S/C26H29F2N5O4/c1-26(27,28)37-20-7-5-18(6-8-20)31-25(35)17-14-21(24(29-15-17)32-12-10-19(34)16-32)22-9-11-30-33(22)23-4-2-3-13-36-23/h5-9,11,14-15,19,23,34H,2-4,10,12-13,16H2,1H3,(H,31,35). The molecule has 2 saturated heterocycles. The minimum absolute atomic E-state index is 0.00945. The molecule has 3 aromatic rings. The van der Waals surface area contributed by atoms with Crippen molar-refractivity contribution in [3.8, 4) is 17.0 Å². The summed E-state index contributed by atoms with van der Waals surface area (Å²) in [5.74, 6) is 0.244. The zero-order valence-electron chi connectivity index (χ0n) is 20.4. The molecule has 0 spiro atoms. The van der Waals surface area contributed by atoms with E-state index in [4.69, 9.17) is 4.74 Å². The Morgan fingerprint density at radius 3 is 2.70 bits per heavy atom. The fraction of sp³-hybridized carbons (Fsp3) is 0.423. The lowest BCUT2D eigenvalue weighted by molar-refractivity contribution is -0.158. The average molecular weight is 514 g/mol. The van der Waals surface area contributed by atoms with Crippen molar-refractivity contribution in [2.75, 3.05) is 29.9 Å². The molecule has 0 radical (unpaired) electrons. The number of hydrogen-bond acceptors (Lipinski definition) is 7. The summed E-state index contributed by atoms with van der Waals surface area (Å²) in [6.45, 7) is 2.42. The molecule has 5 rings (SSSR count). The molecular formula is C26H29F2N5O4. The predicted octanol–water partition coefficient (Wildman–Crippen LogP) is 4.46. The van der Waals surface area contributed by atoms with Gasteiger partial charge in [-0.25, -0.2) is 9.67 Å². The van der Waals surface area contributed by atoms with Gasteiger partial charge in [0, 0.05) is 50.3 Å². The molecule has 2 unspecified atom stereocenters. The van der Waals surface area contributed by atoms with Crippen molar-refractivity contribution in [1.82, 2.24) is 14.8 Å². The molecule has 2 N–H and O–H groups in total. The van der Waals surface area contributed by atoms with Gasteiger partial charge in [-0.1, -0.05) is 0 Å². The maximum absolute atomic E-state index is 13.1. The summed E-state index contributed by atoms with van der Waals surface area (Å²) < 4.78 is 38.5. The quantitative estimate of drug-likeness (QED) is 0.481. The third-order valence-corrected chi connectivity index (χ3v) is 6.38. The topological polar surface area (TPSA) is 102 Å². The molecule has 11 heteroatoms. The van der Waals surface area contributed by atoms with Crippen molar-refractivity contribution in [2.24, 2.45) is 0 Å². The van der Waals surface area contributed by atoms with Crippen molar-refractivity contribution in [1.29, 1.82) is 0 Å². The number of carbonyl (C=O) groups excluding carboxylic acids is 1. The second-order valence-electron chi connectivity index (χ2n) is 9.35. The summed E-state index contributed by atoms with van der Waals surface area (Å²) in [5, 5.41) is 17.4. The number of carbonyl (C=O) groups is 1. The molecule has 2 atom stereocenters. The lowest BCUT2D eigenvalue weighted by Gasteiger charge is -2.26. The number of aromatic nitrogens is 3. The van der Waals surface area contributed by atoms with E-state index in [2.05, 4.69) is 20.1 Å². The van der Waals surface area contributed by atoms with Gasteiger partial charge in [0.25, 0.3) is 5.91 Å². The van der Waals surface area contributed by atoms with Gasteiger partial charge in [-0.15, -0.1) is 0 Å². The van der Waals surface area contributed by atoms with E-state index in [0.717, 1.165) is 25.0 Å². The average Bonchev–Trinajstić information content (AvgIpc) is 3.54. The van der Waals surface area contributed by atoms with Gasteiger partial charge in [0.05, 0.1) is 17.4 Å². The molecule has 37 heavy (non-hydrogen) atoms. The van der Waals surface area contributed by atoms with E-state index in [1.807, 2.05) is 15.6 Å². The van der Waals surface area contributed by atoms with Gasteiger partial charge in [0.1, 0.15) is 11.6 Å². The molecule has 2 aliphatic heterocycles. The largest absolute Gasteiger partial charge is 0.433 e. The first-order valence-corrected chi connectivity index (χ1v) is 12.3. The highest BCUT2D eigenvalue weighted by Crippen LogP contribution is 2.35. The fourth-order valence-electron chi connectivity index (χ4n) is 4.65. The molecule has 2 aliphatic rings. The van der Waals surface area contributed by atoms with Crippen LogP contribution in [0.25, 0.3) is 11.3 Å². The zero-order valence-corrected chi connectivity index (χ0v) is 20.4. The van der Waals surface area contributed by atoms with Crippen LogP contribution in [0.2, 0.25) is 0 Å². The minimum Gasteiger partial charge on any atom is -0.433 e. The van der Waals surface area contributed by atoms with Gasteiger partial charge in [0.15, 0.2) is 6.23 Å². The Labute approximate surface area is 213 Å². The van der Waals surface area contributed by atoms with Crippen LogP contribution < -0.4 is 15.0 Å². The maximum atomic E-state index is 13.1. The maximum Gasteiger partial charge on any atom is 0.394 e. The van der Waals surface area contributed by atoms with Gasteiger partial charge < -0.3 is 24.8 Å². The summed E-state index contributed by atoms with van der Waals surface area (Å²) in [6.07, 6.45) is 2.77. The Morgan fingerprint density at radius 2 is 2.03 bits per heavy atom. The molecule has 1 amide bonds. The Kier molecular flexibility index (Phi) is 7.07. The zero-order chi connectivity index (χ0) is 26.0. The summed E-state index contributed by atoms with van der Waals surface area (Å²) >= 11 is 0. The summed E-state index contributed by atoms with van der Waals surface area (Å²) in [4.78, 5) is 19.7. The van der Waals surface area contributed by atoms with Crippen LogP contribution in [-0.2, 0) is 4.74 Å². The number of nitrogens with one attached hydrogen (secondary N) is 1. The number of pyridine rings is 1. The molecule has 196 valence electrons. The number of amides is 1. The van der Waals surface area contributed by atoms with Gasteiger partial charge in [0.2, 0.25) is 0 Å². The molecule has 0 bridgehead atoms. The van der Waals surface area contributed by atoms with Crippen LogP contribution in [0, 0.1) is 0 Å². The van der Waals surface area contributed by atoms with Crippen LogP contribution in [0.3, 0.4) is 0 Å². The van der Waals surface area contributed by atoms with Crippen molar-refractivity contribution in [2.45, 2.75) is 51.0 Å². The lowest BCUT2D eigenvalue weighted by Crippen LogP contribution is -2.25. The Balaban J connectivity index is 1.43. The van der Waals surface area contributed by atoms with Crippen LogP contribution in [0.5, 0.6) is 5.75 Å². The third-order valence-electron chi connectivity index (χ3n) is 6.38. The highest BCUT2D eigenvalue weighted by atomic mass is 19.3. The van der Waals surface area contributed by atoms with E-state index >= 15 is 0 Å². The minimum atomic E-state index is -3.30. The molecule has 2 aromatic heterocycles. The molecular weight excluding hydrogens is 484 g/mol. The van der Waals surface area contributed by atoms with Gasteiger partial charge >= 0.3 is 6.11 Å². The Morgan fingerprint density at radius 1 is 1.22 bits per heavy atom. The van der Waals surface area contributed by atoms with Crippen molar-refractivity contribution >= 4 is 17.4 Å². The Bertz CT molecular complexity index is 1240. The van der Waals surface area contributed by atoms with Crippen molar-refractivity contribution in [3.05, 3.63) is 54.4 Å². The molecule has 0 aliphatic carbocycles. The first-order chi connectivity index (χ1) is 17.8. The monoisotopic (exact) mass is 513 g/mol. The van der Waals surface area contributed by atoms with Crippen LogP contribution in [0.4, 0.5) is 20.3 Å². The lowest BCUT2D eigenvalue weighted by atomic mass is 10.1. The number of rotatable bonds is 7. The van der Waals surface area contributed by atoms with Gasteiger partial charge in [-0.3, -0.25) is 4.79 Å². The van der Waals surface area contributed by atoms with Gasteiger partial charge in [-0.2, -0.15) is 13.9 Å². The fourth-order valence-corrected chi connectivity index (χ4v) is 4.65.